The maximum Gasteiger partial charge on any atom is 0.311 e. The highest BCUT2D eigenvalue weighted by molar-refractivity contribution is 5.95. The summed E-state index contributed by atoms with van der Waals surface area (Å²) in [4.78, 5) is 24.9. The lowest BCUT2D eigenvalue weighted by atomic mass is 10.1. The van der Waals surface area contributed by atoms with Crippen LogP contribution in [-0.2, 0) is 6.54 Å². The third kappa shape index (κ3) is 4.11. The van der Waals surface area contributed by atoms with E-state index in [0.717, 1.165) is 5.56 Å². The molecular weight excluding hydrogens is 352 g/mol. The van der Waals surface area contributed by atoms with Crippen molar-refractivity contribution in [2.45, 2.75) is 13.5 Å². The van der Waals surface area contributed by atoms with Crippen molar-refractivity contribution >= 4 is 11.6 Å². The second-order valence-corrected chi connectivity index (χ2v) is 6.01. The molecule has 0 N–H and O–H groups in total. The van der Waals surface area contributed by atoms with Crippen molar-refractivity contribution in [1.82, 2.24) is 4.90 Å². The van der Waals surface area contributed by atoms with Gasteiger partial charge in [-0.05, 0) is 36.8 Å². The van der Waals surface area contributed by atoms with Crippen molar-refractivity contribution in [3.63, 3.8) is 0 Å². The first-order valence-corrected chi connectivity index (χ1v) is 8.55. The number of carbonyl (C=O) groups excluding carboxylic acids is 1. The minimum atomic E-state index is -0.553. The molecule has 1 aliphatic rings. The Morgan fingerprint density at radius 3 is 2.63 bits per heavy atom. The standard InChI is InChI=1S/C19H20N2O6/c1-3-25-16-7-5-14(11-15(16)21(23)24)19(22)20(2)12-13-4-6-17-18(10-13)27-9-8-26-17/h4-7,10-11H,3,8-9,12H2,1-2H3. The summed E-state index contributed by atoms with van der Waals surface area (Å²) in [5.41, 5.74) is 0.871. The van der Waals surface area contributed by atoms with E-state index in [1.54, 1.807) is 14.0 Å². The van der Waals surface area contributed by atoms with Gasteiger partial charge in [0.25, 0.3) is 5.91 Å². The molecule has 1 amide bonds. The molecule has 0 aromatic heterocycles. The molecule has 2 aromatic carbocycles. The van der Waals surface area contributed by atoms with Crippen molar-refractivity contribution in [2.75, 3.05) is 26.9 Å². The Balaban J connectivity index is 1.77. The maximum absolute atomic E-state index is 12.7. The fraction of sp³-hybridized carbons (Fsp3) is 0.316. The van der Waals surface area contributed by atoms with Crippen molar-refractivity contribution < 1.29 is 23.9 Å². The van der Waals surface area contributed by atoms with Crippen molar-refractivity contribution in [1.29, 1.82) is 0 Å². The van der Waals surface area contributed by atoms with Crippen LogP contribution in [0.2, 0.25) is 0 Å². The Kier molecular flexibility index (Phi) is 5.44. The summed E-state index contributed by atoms with van der Waals surface area (Å²) in [6.07, 6.45) is 0. The lowest BCUT2D eigenvalue weighted by Gasteiger charge is -2.21. The van der Waals surface area contributed by atoms with Gasteiger partial charge in [0, 0.05) is 25.2 Å². The molecule has 0 fully saturated rings. The molecular formula is C19H20N2O6. The van der Waals surface area contributed by atoms with Gasteiger partial charge in [0.2, 0.25) is 0 Å². The third-order valence-corrected chi connectivity index (χ3v) is 4.08. The summed E-state index contributed by atoms with van der Waals surface area (Å²) in [5.74, 6) is 1.15. The van der Waals surface area contributed by atoms with Crippen LogP contribution in [0.5, 0.6) is 17.2 Å². The number of fused-ring (bicyclic) bond motifs is 1. The molecule has 0 bridgehead atoms. The van der Waals surface area contributed by atoms with Gasteiger partial charge in [0.05, 0.1) is 11.5 Å². The van der Waals surface area contributed by atoms with Crippen LogP contribution in [0.4, 0.5) is 5.69 Å². The average molecular weight is 372 g/mol. The molecule has 3 rings (SSSR count). The predicted molar refractivity (Wildman–Crippen MR) is 97.5 cm³/mol. The minimum absolute atomic E-state index is 0.147. The van der Waals surface area contributed by atoms with Crippen molar-refractivity contribution in [3.05, 3.63) is 57.6 Å². The molecule has 1 heterocycles. The number of hydrogen-bond donors (Lipinski definition) is 0. The Labute approximate surface area is 156 Å². The molecule has 0 unspecified atom stereocenters. The van der Waals surface area contributed by atoms with Gasteiger partial charge in [-0.3, -0.25) is 14.9 Å². The summed E-state index contributed by atoms with van der Waals surface area (Å²) in [7, 11) is 1.64. The molecule has 0 aliphatic carbocycles. The molecule has 0 saturated heterocycles. The fourth-order valence-corrected chi connectivity index (χ4v) is 2.82. The molecule has 0 atom stereocenters. The topological polar surface area (TPSA) is 91.1 Å². The highest BCUT2D eigenvalue weighted by Gasteiger charge is 2.21. The molecule has 2 aromatic rings. The number of ether oxygens (including phenoxy) is 3. The number of amides is 1. The van der Waals surface area contributed by atoms with Gasteiger partial charge >= 0.3 is 5.69 Å². The molecule has 8 heteroatoms. The zero-order chi connectivity index (χ0) is 19.4. The molecule has 27 heavy (non-hydrogen) atoms. The van der Waals surface area contributed by atoms with Gasteiger partial charge < -0.3 is 19.1 Å². The van der Waals surface area contributed by atoms with Crippen molar-refractivity contribution in [3.8, 4) is 17.2 Å². The van der Waals surface area contributed by atoms with Crippen LogP contribution < -0.4 is 14.2 Å². The van der Waals surface area contributed by atoms with Crippen LogP contribution in [0.1, 0.15) is 22.8 Å². The quantitative estimate of drug-likeness (QED) is 0.572. The maximum atomic E-state index is 12.7. The zero-order valence-corrected chi connectivity index (χ0v) is 15.1. The summed E-state index contributed by atoms with van der Waals surface area (Å²) < 4.78 is 16.3. The number of nitrogens with zero attached hydrogens (tertiary/aromatic N) is 2. The number of rotatable bonds is 6. The largest absolute Gasteiger partial charge is 0.487 e. The molecule has 0 radical (unpaired) electrons. The Bertz CT molecular complexity index is 867. The van der Waals surface area contributed by atoms with Crippen LogP contribution in [0.25, 0.3) is 0 Å². The zero-order valence-electron chi connectivity index (χ0n) is 15.1. The molecule has 0 spiro atoms. The van der Waals surface area contributed by atoms with E-state index >= 15 is 0 Å². The SMILES string of the molecule is CCOc1ccc(C(=O)N(C)Cc2ccc3c(c2)OCCO3)cc1[N+](=O)[O-]. The van der Waals surface area contributed by atoms with Gasteiger partial charge in [-0.2, -0.15) is 0 Å². The summed E-state index contributed by atoms with van der Waals surface area (Å²) in [6.45, 7) is 3.38. The normalized spacial score (nSPS) is 12.4. The first-order valence-electron chi connectivity index (χ1n) is 8.55. The van der Waals surface area contributed by atoms with Gasteiger partial charge in [0.1, 0.15) is 13.2 Å². The Hall–Kier alpha value is -3.29. The number of hydrogen-bond acceptors (Lipinski definition) is 6. The number of nitro benzene ring substituents is 1. The smallest absolute Gasteiger partial charge is 0.311 e. The Morgan fingerprint density at radius 2 is 1.93 bits per heavy atom. The number of nitro groups is 1. The van der Waals surface area contributed by atoms with Crippen LogP contribution in [-0.4, -0.2) is 42.6 Å². The van der Waals surface area contributed by atoms with E-state index < -0.39 is 4.92 Å². The number of benzene rings is 2. The summed E-state index contributed by atoms with van der Waals surface area (Å²) in [5, 5.41) is 11.2. The van der Waals surface area contributed by atoms with Crippen LogP contribution in [0.15, 0.2) is 36.4 Å². The van der Waals surface area contributed by atoms with E-state index in [0.29, 0.717) is 37.9 Å². The highest BCUT2D eigenvalue weighted by Crippen LogP contribution is 2.31. The van der Waals surface area contributed by atoms with E-state index in [1.807, 2.05) is 18.2 Å². The molecule has 142 valence electrons. The Morgan fingerprint density at radius 1 is 1.19 bits per heavy atom. The fourth-order valence-electron chi connectivity index (χ4n) is 2.82. The lowest BCUT2D eigenvalue weighted by Crippen LogP contribution is -2.26. The third-order valence-electron chi connectivity index (χ3n) is 4.08. The summed E-state index contributed by atoms with van der Waals surface area (Å²) >= 11 is 0. The van der Waals surface area contributed by atoms with E-state index in [2.05, 4.69) is 0 Å². The lowest BCUT2D eigenvalue weighted by molar-refractivity contribution is -0.385. The number of carbonyl (C=O) groups is 1. The predicted octanol–water partition coefficient (Wildman–Crippen LogP) is 3.04. The van der Waals surface area contributed by atoms with E-state index in [-0.39, 0.29) is 22.9 Å². The second-order valence-electron chi connectivity index (χ2n) is 6.01. The highest BCUT2D eigenvalue weighted by atomic mass is 16.6. The van der Waals surface area contributed by atoms with E-state index in [1.165, 1.54) is 23.1 Å². The molecule has 1 aliphatic heterocycles. The molecule has 0 saturated carbocycles. The first-order chi connectivity index (χ1) is 13.0. The monoisotopic (exact) mass is 372 g/mol. The minimum Gasteiger partial charge on any atom is -0.487 e. The van der Waals surface area contributed by atoms with Gasteiger partial charge in [-0.25, -0.2) is 0 Å². The second kappa shape index (κ2) is 7.94. The summed E-state index contributed by atoms with van der Waals surface area (Å²) in [6, 6.07) is 9.72. The van der Waals surface area contributed by atoms with Crippen molar-refractivity contribution in [2.24, 2.45) is 0 Å². The first kappa shape index (κ1) is 18.5. The van der Waals surface area contributed by atoms with Gasteiger partial charge in [0.15, 0.2) is 17.2 Å². The van der Waals surface area contributed by atoms with E-state index in [9.17, 15) is 14.9 Å². The van der Waals surface area contributed by atoms with Gasteiger partial charge in [-0.1, -0.05) is 6.07 Å². The molecule has 8 nitrogen and oxygen atoms in total. The average Bonchev–Trinajstić information content (AvgIpc) is 2.67. The van der Waals surface area contributed by atoms with E-state index in [4.69, 9.17) is 14.2 Å². The van der Waals surface area contributed by atoms with Crippen LogP contribution in [0.3, 0.4) is 0 Å². The van der Waals surface area contributed by atoms with Gasteiger partial charge in [-0.15, -0.1) is 0 Å². The van der Waals surface area contributed by atoms with Crippen LogP contribution >= 0.6 is 0 Å². The van der Waals surface area contributed by atoms with Crippen LogP contribution in [0, 0.1) is 10.1 Å².